The van der Waals surface area contributed by atoms with Crippen LogP contribution in [0.2, 0.25) is 0 Å². The second-order valence-corrected chi connectivity index (χ2v) is 4.17. The molecular formula is C14H17NO3. The van der Waals surface area contributed by atoms with Crippen molar-refractivity contribution in [1.82, 2.24) is 5.32 Å². The summed E-state index contributed by atoms with van der Waals surface area (Å²) in [4.78, 5) is 22.3. The molecule has 4 heteroatoms. The van der Waals surface area contributed by atoms with Crippen molar-refractivity contribution in [2.24, 2.45) is 5.92 Å². The summed E-state index contributed by atoms with van der Waals surface area (Å²) in [5.41, 5.74) is 0.923. The van der Waals surface area contributed by atoms with Crippen LogP contribution >= 0.6 is 0 Å². The molecule has 0 saturated heterocycles. The molecule has 0 aliphatic rings. The van der Waals surface area contributed by atoms with Crippen LogP contribution in [-0.2, 0) is 9.59 Å². The number of hydrogen-bond donors (Lipinski definition) is 2. The number of amides is 1. The van der Waals surface area contributed by atoms with Gasteiger partial charge < -0.3 is 10.4 Å². The van der Waals surface area contributed by atoms with Crippen molar-refractivity contribution in [2.45, 2.75) is 19.9 Å². The summed E-state index contributed by atoms with van der Waals surface area (Å²) in [6.07, 6.45) is 3.09. The van der Waals surface area contributed by atoms with Gasteiger partial charge in [-0.25, -0.2) is 0 Å². The fraction of sp³-hybridized carbons (Fsp3) is 0.286. The maximum absolute atomic E-state index is 11.6. The first-order valence-corrected chi connectivity index (χ1v) is 5.77. The van der Waals surface area contributed by atoms with Crippen LogP contribution in [0.25, 0.3) is 6.08 Å². The van der Waals surface area contributed by atoms with E-state index >= 15 is 0 Å². The summed E-state index contributed by atoms with van der Waals surface area (Å²) in [6.45, 7) is 3.24. The van der Waals surface area contributed by atoms with Gasteiger partial charge in [-0.3, -0.25) is 9.59 Å². The standard InChI is InChI=1S/C14H17NO3/c1-10(14(17)18)11(2)15-13(16)9-8-12-6-4-3-5-7-12/h3-11H,1-2H3,(H,15,16)(H,17,18)/b9-8+. The number of benzene rings is 1. The van der Waals surface area contributed by atoms with Crippen LogP contribution < -0.4 is 5.32 Å². The van der Waals surface area contributed by atoms with Gasteiger partial charge in [0.05, 0.1) is 5.92 Å². The van der Waals surface area contributed by atoms with Gasteiger partial charge >= 0.3 is 5.97 Å². The van der Waals surface area contributed by atoms with Crippen molar-refractivity contribution in [3.63, 3.8) is 0 Å². The van der Waals surface area contributed by atoms with E-state index in [0.29, 0.717) is 0 Å². The Bertz CT molecular complexity index is 440. The first-order chi connectivity index (χ1) is 8.50. The first kappa shape index (κ1) is 14.0. The van der Waals surface area contributed by atoms with Gasteiger partial charge in [0.25, 0.3) is 0 Å². The average molecular weight is 247 g/mol. The van der Waals surface area contributed by atoms with E-state index in [0.717, 1.165) is 5.56 Å². The molecule has 0 heterocycles. The highest BCUT2D eigenvalue weighted by molar-refractivity contribution is 5.92. The predicted octanol–water partition coefficient (Wildman–Crippen LogP) is 1.93. The molecule has 0 radical (unpaired) electrons. The van der Waals surface area contributed by atoms with E-state index in [-0.39, 0.29) is 5.91 Å². The zero-order valence-electron chi connectivity index (χ0n) is 10.5. The summed E-state index contributed by atoms with van der Waals surface area (Å²) in [7, 11) is 0. The molecule has 18 heavy (non-hydrogen) atoms. The van der Waals surface area contributed by atoms with Crippen LogP contribution in [-0.4, -0.2) is 23.0 Å². The lowest BCUT2D eigenvalue weighted by atomic mass is 10.0. The minimum absolute atomic E-state index is 0.292. The molecular weight excluding hydrogens is 230 g/mol. The fourth-order valence-corrected chi connectivity index (χ4v) is 1.35. The normalized spacial score (nSPS) is 14.1. The highest BCUT2D eigenvalue weighted by Gasteiger charge is 2.19. The Morgan fingerprint density at radius 1 is 1.22 bits per heavy atom. The number of hydrogen-bond acceptors (Lipinski definition) is 2. The van der Waals surface area contributed by atoms with Crippen molar-refractivity contribution in [2.75, 3.05) is 0 Å². The third-order valence-corrected chi connectivity index (χ3v) is 2.74. The highest BCUT2D eigenvalue weighted by atomic mass is 16.4. The Balaban J connectivity index is 2.52. The zero-order valence-corrected chi connectivity index (χ0v) is 10.5. The Hall–Kier alpha value is -2.10. The number of nitrogens with one attached hydrogen (secondary N) is 1. The predicted molar refractivity (Wildman–Crippen MR) is 69.9 cm³/mol. The first-order valence-electron chi connectivity index (χ1n) is 5.77. The van der Waals surface area contributed by atoms with Gasteiger partial charge in [-0.2, -0.15) is 0 Å². The molecule has 0 aliphatic heterocycles. The molecule has 1 aromatic carbocycles. The Kier molecular flexibility index (Phi) is 5.11. The van der Waals surface area contributed by atoms with Gasteiger partial charge in [0, 0.05) is 12.1 Å². The summed E-state index contributed by atoms with van der Waals surface area (Å²) >= 11 is 0. The number of carboxylic acid groups (broad SMARTS) is 1. The van der Waals surface area contributed by atoms with E-state index in [9.17, 15) is 9.59 Å². The largest absolute Gasteiger partial charge is 0.481 e. The van der Waals surface area contributed by atoms with Crippen molar-refractivity contribution >= 4 is 18.0 Å². The van der Waals surface area contributed by atoms with Crippen molar-refractivity contribution < 1.29 is 14.7 Å². The van der Waals surface area contributed by atoms with Gasteiger partial charge in [-0.05, 0) is 25.5 Å². The van der Waals surface area contributed by atoms with E-state index in [4.69, 9.17) is 5.11 Å². The Labute approximate surface area is 106 Å². The van der Waals surface area contributed by atoms with Gasteiger partial charge in [0.2, 0.25) is 5.91 Å². The third-order valence-electron chi connectivity index (χ3n) is 2.74. The number of aliphatic carboxylic acids is 1. The molecule has 0 saturated carbocycles. The van der Waals surface area contributed by atoms with Crippen LogP contribution in [0.15, 0.2) is 36.4 Å². The molecule has 1 amide bonds. The molecule has 2 unspecified atom stereocenters. The lowest BCUT2D eigenvalue weighted by Gasteiger charge is -2.16. The highest BCUT2D eigenvalue weighted by Crippen LogP contribution is 2.03. The van der Waals surface area contributed by atoms with Crippen LogP contribution in [0.3, 0.4) is 0 Å². The Morgan fingerprint density at radius 3 is 2.39 bits per heavy atom. The van der Waals surface area contributed by atoms with E-state index < -0.39 is 17.9 Å². The number of carbonyl (C=O) groups is 2. The van der Waals surface area contributed by atoms with Gasteiger partial charge in [0.1, 0.15) is 0 Å². The van der Waals surface area contributed by atoms with Crippen molar-refractivity contribution in [1.29, 1.82) is 0 Å². The van der Waals surface area contributed by atoms with Crippen molar-refractivity contribution in [3.8, 4) is 0 Å². The molecule has 0 bridgehead atoms. The van der Waals surface area contributed by atoms with E-state index in [1.54, 1.807) is 19.9 Å². The molecule has 2 N–H and O–H groups in total. The maximum atomic E-state index is 11.6. The molecule has 0 fully saturated rings. The summed E-state index contributed by atoms with van der Waals surface area (Å²) in [5.74, 6) is -1.83. The monoisotopic (exact) mass is 247 g/mol. The molecule has 1 aromatic rings. The molecule has 0 aliphatic carbocycles. The maximum Gasteiger partial charge on any atom is 0.308 e. The van der Waals surface area contributed by atoms with Crippen LogP contribution in [0.1, 0.15) is 19.4 Å². The van der Waals surface area contributed by atoms with Crippen LogP contribution in [0.5, 0.6) is 0 Å². The molecule has 4 nitrogen and oxygen atoms in total. The molecule has 0 aromatic heterocycles. The quantitative estimate of drug-likeness (QED) is 0.781. The van der Waals surface area contributed by atoms with E-state index in [1.165, 1.54) is 6.08 Å². The summed E-state index contributed by atoms with van der Waals surface area (Å²) in [6, 6.07) is 9.02. The topological polar surface area (TPSA) is 66.4 Å². The van der Waals surface area contributed by atoms with Crippen LogP contribution in [0, 0.1) is 5.92 Å². The summed E-state index contributed by atoms with van der Waals surface area (Å²) in [5, 5.41) is 11.4. The number of rotatable bonds is 5. The molecule has 96 valence electrons. The number of carboxylic acids is 1. The molecule has 2 atom stereocenters. The minimum atomic E-state index is -0.921. The number of carbonyl (C=O) groups excluding carboxylic acids is 1. The van der Waals surface area contributed by atoms with E-state index in [2.05, 4.69) is 5.32 Å². The lowest BCUT2D eigenvalue weighted by Crippen LogP contribution is -2.39. The minimum Gasteiger partial charge on any atom is -0.481 e. The molecule has 1 rings (SSSR count). The average Bonchev–Trinajstić information content (AvgIpc) is 2.36. The van der Waals surface area contributed by atoms with Gasteiger partial charge in [-0.15, -0.1) is 0 Å². The van der Waals surface area contributed by atoms with Gasteiger partial charge in [0.15, 0.2) is 0 Å². The smallest absolute Gasteiger partial charge is 0.308 e. The fourth-order valence-electron chi connectivity index (χ4n) is 1.35. The van der Waals surface area contributed by atoms with Gasteiger partial charge in [-0.1, -0.05) is 30.3 Å². The SMILES string of the molecule is CC(NC(=O)/C=C/c1ccccc1)C(C)C(=O)O. The van der Waals surface area contributed by atoms with Crippen molar-refractivity contribution in [3.05, 3.63) is 42.0 Å². The summed E-state index contributed by atoms with van der Waals surface area (Å²) < 4.78 is 0. The lowest BCUT2D eigenvalue weighted by molar-refractivity contribution is -0.142. The zero-order chi connectivity index (χ0) is 13.5. The van der Waals surface area contributed by atoms with Crippen LogP contribution in [0.4, 0.5) is 0 Å². The van der Waals surface area contributed by atoms with E-state index in [1.807, 2.05) is 30.3 Å². The Morgan fingerprint density at radius 2 is 1.83 bits per heavy atom. The molecule has 0 spiro atoms. The second-order valence-electron chi connectivity index (χ2n) is 4.17. The third kappa shape index (κ3) is 4.41. The second kappa shape index (κ2) is 6.59.